The highest BCUT2D eigenvalue weighted by Crippen LogP contribution is 2.23. The van der Waals surface area contributed by atoms with Crippen LogP contribution in [0.1, 0.15) is 52.9 Å². The fraction of sp³-hybridized carbons (Fsp3) is 0.650. The molecule has 0 radical (unpaired) electrons. The number of anilines is 1. The quantitative estimate of drug-likeness (QED) is 0.617. The van der Waals surface area contributed by atoms with Crippen molar-refractivity contribution in [2.45, 2.75) is 63.8 Å². The summed E-state index contributed by atoms with van der Waals surface area (Å²) in [6.45, 7) is 8.67. The van der Waals surface area contributed by atoms with E-state index in [4.69, 9.17) is 0 Å². The highest BCUT2D eigenvalue weighted by Gasteiger charge is 2.27. The van der Waals surface area contributed by atoms with Crippen molar-refractivity contribution < 1.29 is 13.2 Å². The van der Waals surface area contributed by atoms with Gasteiger partial charge >= 0.3 is 0 Å². The van der Waals surface area contributed by atoms with Crippen LogP contribution in [0.4, 0.5) is 5.69 Å². The summed E-state index contributed by atoms with van der Waals surface area (Å²) in [6.07, 6.45) is 5.18. The highest BCUT2D eigenvalue weighted by molar-refractivity contribution is 7.89. The van der Waals surface area contributed by atoms with Crippen LogP contribution in [-0.2, 0) is 14.8 Å². The standard InChI is InChI=1S/C20H33N3O3S/c1-4-5-6-12-22(17(2)3)16-20(24)21-18-10-9-11-19(15-18)27(25,26)23-13-7-8-14-23/h9-11,15,17H,4-8,12-14,16H2,1-3H3,(H,21,24). The molecule has 152 valence electrons. The van der Waals surface area contributed by atoms with E-state index in [-0.39, 0.29) is 16.8 Å². The number of hydrogen-bond donors (Lipinski definition) is 1. The van der Waals surface area contributed by atoms with Gasteiger partial charge in [-0.25, -0.2) is 8.42 Å². The number of sulfonamides is 1. The molecule has 1 fully saturated rings. The first-order chi connectivity index (χ1) is 12.8. The van der Waals surface area contributed by atoms with E-state index in [9.17, 15) is 13.2 Å². The first-order valence-corrected chi connectivity index (χ1v) is 11.4. The number of rotatable bonds is 10. The zero-order chi connectivity index (χ0) is 19.9. The van der Waals surface area contributed by atoms with E-state index in [1.54, 1.807) is 24.3 Å². The summed E-state index contributed by atoms with van der Waals surface area (Å²) in [5, 5.41) is 2.86. The number of hydrogen-bond acceptors (Lipinski definition) is 4. The van der Waals surface area contributed by atoms with Crippen LogP contribution in [0.2, 0.25) is 0 Å². The lowest BCUT2D eigenvalue weighted by Gasteiger charge is -2.25. The minimum atomic E-state index is -3.48. The van der Waals surface area contributed by atoms with Crippen molar-refractivity contribution in [3.8, 4) is 0 Å². The van der Waals surface area contributed by atoms with E-state index in [1.807, 2.05) is 0 Å². The molecular weight excluding hydrogens is 362 g/mol. The Hall–Kier alpha value is -1.44. The monoisotopic (exact) mass is 395 g/mol. The molecule has 1 aliphatic heterocycles. The molecular formula is C20H33N3O3S. The van der Waals surface area contributed by atoms with E-state index in [2.05, 4.69) is 31.0 Å². The summed E-state index contributed by atoms with van der Waals surface area (Å²) in [7, 11) is -3.48. The molecule has 2 rings (SSSR count). The van der Waals surface area contributed by atoms with E-state index in [1.165, 1.54) is 4.31 Å². The predicted octanol–water partition coefficient (Wildman–Crippen LogP) is 3.31. The Balaban J connectivity index is 2.01. The van der Waals surface area contributed by atoms with Gasteiger partial charge in [-0.05, 0) is 57.9 Å². The molecule has 1 N–H and O–H groups in total. The van der Waals surface area contributed by atoms with E-state index in [0.717, 1.165) is 38.6 Å². The van der Waals surface area contributed by atoms with Crippen molar-refractivity contribution in [1.82, 2.24) is 9.21 Å². The molecule has 27 heavy (non-hydrogen) atoms. The molecule has 0 aliphatic carbocycles. The van der Waals surface area contributed by atoms with Gasteiger partial charge in [-0.3, -0.25) is 9.69 Å². The molecule has 1 saturated heterocycles. The molecule has 6 nitrogen and oxygen atoms in total. The molecule has 1 aliphatic rings. The van der Waals surface area contributed by atoms with Crippen molar-refractivity contribution in [2.24, 2.45) is 0 Å². The van der Waals surface area contributed by atoms with Crippen LogP contribution in [0.5, 0.6) is 0 Å². The first kappa shape index (κ1) is 21.9. The molecule has 0 unspecified atom stereocenters. The van der Waals surface area contributed by atoms with Crippen LogP contribution in [-0.4, -0.2) is 55.8 Å². The van der Waals surface area contributed by atoms with Gasteiger partial charge < -0.3 is 5.32 Å². The SMILES string of the molecule is CCCCCN(CC(=O)Nc1cccc(S(=O)(=O)N2CCCC2)c1)C(C)C. The van der Waals surface area contributed by atoms with Gasteiger partial charge in [0.15, 0.2) is 0 Å². The Labute approximate surface area is 164 Å². The molecule has 7 heteroatoms. The second-order valence-corrected chi connectivity index (χ2v) is 9.40. The smallest absolute Gasteiger partial charge is 0.243 e. The minimum Gasteiger partial charge on any atom is -0.325 e. The lowest BCUT2D eigenvalue weighted by atomic mass is 10.2. The molecule has 0 atom stereocenters. The van der Waals surface area contributed by atoms with Crippen molar-refractivity contribution in [2.75, 3.05) is 31.5 Å². The summed E-state index contributed by atoms with van der Waals surface area (Å²) < 4.78 is 26.9. The zero-order valence-electron chi connectivity index (χ0n) is 16.8. The lowest BCUT2D eigenvalue weighted by Crippen LogP contribution is -2.38. The maximum atomic E-state index is 12.7. The third-order valence-corrected chi connectivity index (χ3v) is 6.84. The summed E-state index contributed by atoms with van der Waals surface area (Å²) in [4.78, 5) is 14.9. The molecule has 1 amide bonds. The van der Waals surface area contributed by atoms with Gasteiger partial charge in [0.2, 0.25) is 15.9 Å². The third-order valence-electron chi connectivity index (χ3n) is 4.95. The topological polar surface area (TPSA) is 69.7 Å². The lowest BCUT2D eigenvalue weighted by molar-refractivity contribution is -0.117. The Kier molecular flexibility index (Phi) is 8.26. The largest absolute Gasteiger partial charge is 0.325 e. The van der Waals surface area contributed by atoms with Gasteiger partial charge in [0.05, 0.1) is 11.4 Å². The number of carbonyl (C=O) groups excluding carboxylic acids is 1. The Morgan fingerprint density at radius 2 is 1.93 bits per heavy atom. The second-order valence-electron chi connectivity index (χ2n) is 7.46. The Bertz CT molecular complexity index is 713. The van der Waals surface area contributed by atoms with Crippen LogP contribution >= 0.6 is 0 Å². The average Bonchev–Trinajstić information content (AvgIpc) is 3.16. The average molecular weight is 396 g/mol. The number of carbonyl (C=O) groups is 1. The van der Waals surface area contributed by atoms with Crippen LogP contribution in [0.3, 0.4) is 0 Å². The molecule has 0 spiro atoms. The van der Waals surface area contributed by atoms with Gasteiger partial charge in [0.1, 0.15) is 0 Å². The van der Waals surface area contributed by atoms with Crippen molar-refractivity contribution in [3.63, 3.8) is 0 Å². The Morgan fingerprint density at radius 3 is 2.56 bits per heavy atom. The number of amides is 1. The van der Waals surface area contributed by atoms with Crippen LogP contribution in [0, 0.1) is 0 Å². The van der Waals surface area contributed by atoms with Crippen LogP contribution in [0.15, 0.2) is 29.2 Å². The van der Waals surface area contributed by atoms with E-state index < -0.39 is 10.0 Å². The molecule has 1 aromatic carbocycles. The summed E-state index contributed by atoms with van der Waals surface area (Å²) in [6, 6.07) is 6.85. The fourth-order valence-corrected chi connectivity index (χ4v) is 4.85. The number of benzene rings is 1. The molecule has 0 aromatic heterocycles. The first-order valence-electron chi connectivity index (χ1n) is 9.98. The van der Waals surface area contributed by atoms with Crippen molar-refractivity contribution in [3.05, 3.63) is 24.3 Å². The van der Waals surface area contributed by atoms with E-state index in [0.29, 0.717) is 25.3 Å². The summed E-state index contributed by atoms with van der Waals surface area (Å²) in [5.41, 5.74) is 0.525. The van der Waals surface area contributed by atoms with E-state index >= 15 is 0 Å². The van der Waals surface area contributed by atoms with Gasteiger partial charge in [-0.2, -0.15) is 4.31 Å². The highest BCUT2D eigenvalue weighted by atomic mass is 32.2. The van der Waals surface area contributed by atoms with Gasteiger partial charge in [0, 0.05) is 24.8 Å². The van der Waals surface area contributed by atoms with Crippen molar-refractivity contribution in [1.29, 1.82) is 0 Å². The van der Waals surface area contributed by atoms with Gasteiger partial charge in [-0.1, -0.05) is 25.8 Å². The Morgan fingerprint density at radius 1 is 1.22 bits per heavy atom. The number of unbranched alkanes of at least 4 members (excludes halogenated alkanes) is 2. The van der Waals surface area contributed by atoms with Crippen LogP contribution in [0.25, 0.3) is 0 Å². The van der Waals surface area contributed by atoms with Gasteiger partial charge in [0.25, 0.3) is 0 Å². The predicted molar refractivity (Wildman–Crippen MR) is 109 cm³/mol. The summed E-state index contributed by atoms with van der Waals surface area (Å²) in [5.74, 6) is -0.115. The van der Waals surface area contributed by atoms with Gasteiger partial charge in [-0.15, -0.1) is 0 Å². The fourth-order valence-electron chi connectivity index (χ4n) is 3.28. The number of nitrogens with one attached hydrogen (secondary N) is 1. The zero-order valence-corrected chi connectivity index (χ0v) is 17.6. The molecule has 1 heterocycles. The number of nitrogens with zero attached hydrogens (tertiary/aromatic N) is 2. The van der Waals surface area contributed by atoms with Crippen LogP contribution < -0.4 is 5.32 Å². The molecule has 0 bridgehead atoms. The van der Waals surface area contributed by atoms with Crippen molar-refractivity contribution >= 4 is 21.6 Å². The maximum absolute atomic E-state index is 12.7. The second kappa shape index (κ2) is 10.2. The normalized spacial score (nSPS) is 15.6. The molecule has 0 saturated carbocycles. The third kappa shape index (κ3) is 6.30. The molecule has 1 aromatic rings. The maximum Gasteiger partial charge on any atom is 0.243 e. The minimum absolute atomic E-state index is 0.115. The summed E-state index contributed by atoms with van der Waals surface area (Å²) >= 11 is 0.